The molecule has 5 atom stereocenters. The highest BCUT2D eigenvalue weighted by Gasteiger charge is 2.48. The van der Waals surface area contributed by atoms with Crippen molar-refractivity contribution in [2.45, 2.75) is 45.0 Å². The van der Waals surface area contributed by atoms with Crippen LogP contribution in [-0.4, -0.2) is 46.7 Å². The van der Waals surface area contributed by atoms with Gasteiger partial charge in [0.25, 0.3) is 5.56 Å². The van der Waals surface area contributed by atoms with Crippen LogP contribution < -0.4 is 21.1 Å². The number of alkyl halides is 1. The minimum absolute atomic E-state index is 0.0393. The van der Waals surface area contributed by atoms with Crippen LogP contribution in [0, 0.1) is 5.92 Å². The summed E-state index contributed by atoms with van der Waals surface area (Å²) in [5.74, 6) is -3.08. The van der Waals surface area contributed by atoms with Crippen molar-refractivity contribution in [3.63, 3.8) is 0 Å². The van der Waals surface area contributed by atoms with Crippen molar-refractivity contribution < 1.29 is 32.3 Å². The summed E-state index contributed by atoms with van der Waals surface area (Å²) in [6, 6.07) is 18.0. The average Bonchev–Trinajstić information content (AvgIpc) is 3.25. The summed E-state index contributed by atoms with van der Waals surface area (Å²) in [6.45, 7) is 2.72. The molecule has 220 valence electrons. The third-order valence-electron chi connectivity index (χ3n) is 6.45. The SMILES string of the molecule is C[C@H](NCCP(=O)(OC[C@]1(F)C[C@H](C)[C@H](n2ccc(=O)[nH]c2=O)O1)Oc1ccccc1)C(=O)OCc1ccccc1. The van der Waals surface area contributed by atoms with Crippen molar-refractivity contribution in [2.75, 3.05) is 19.3 Å². The number of hydrogen-bond acceptors (Lipinski definition) is 9. The lowest BCUT2D eigenvalue weighted by Gasteiger charge is -2.25. The Morgan fingerprint density at radius 1 is 1.17 bits per heavy atom. The van der Waals surface area contributed by atoms with Crippen LogP contribution in [0.5, 0.6) is 5.75 Å². The summed E-state index contributed by atoms with van der Waals surface area (Å²) in [5.41, 5.74) is -0.475. The smallest absolute Gasteiger partial charge is 0.380 e. The molecule has 41 heavy (non-hydrogen) atoms. The van der Waals surface area contributed by atoms with Crippen LogP contribution >= 0.6 is 7.60 Å². The van der Waals surface area contributed by atoms with Crippen LogP contribution in [0.25, 0.3) is 0 Å². The van der Waals surface area contributed by atoms with Gasteiger partial charge in [-0.25, -0.2) is 13.8 Å². The molecular weight excluding hydrogens is 556 g/mol. The molecule has 1 aromatic heterocycles. The number of carbonyl (C=O) groups is 1. The summed E-state index contributed by atoms with van der Waals surface area (Å²) < 4.78 is 52.8. The molecule has 1 fully saturated rings. The fourth-order valence-corrected chi connectivity index (χ4v) is 5.85. The number of nitrogens with zero attached hydrogens (tertiary/aromatic N) is 1. The Kier molecular flexibility index (Phi) is 9.93. The highest BCUT2D eigenvalue weighted by atomic mass is 31.2. The second kappa shape index (κ2) is 13.4. The van der Waals surface area contributed by atoms with Crippen LogP contribution in [0.3, 0.4) is 0 Å². The van der Waals surface area contributed by atoms with E-state index in [2.05, 4.69) is 10.3 Å². The van der Waals surface area contributed by atoms with Gasteiger partial charge in [-0.05, 0) is 24.6 Å². The fraction of sp³-hybridized carbons (Fsp3) is 0.393. The molecule has 0 amide bonds. The topological polar surface area (TPSA) is 138 Å². The molecule has 0 saturated carbocycles. The summed E-state index contributed by atoms with van der Waals surface area (Å²) >= 11 is 0. The molecule has 1 unspecified atom stereocenters. The van der Waals surface area contributed by atoms with Crippen LogP contribution in [0.1, 0.15) is 32.1 Å². The molecule has 13 heteroatoms. The van der Waals surface area contributed by atoms with Crippen molar-refractivity contribution in [1.82, 2.24) is 14.9 Å². The minimum atomic E-state index is -3.96. The highest BCUT2D eigenvalue weighted by Crippen LogP contribution is 2.51. The number of esters is 1. The zero-order valence-corrected chi connectivity index (χ0v) is 23.6. The summed E-state index contributed by atoms with van der Waals surface area (Å²) in [6.07, 6.45) is -0.119. The molecule has 0 aliphatic carbocycles. The van der Waals surface area contributed by atoms with E-state index < -0.39 is 55.5 Å². The number of hydrogen-bond donors (Lipinski definition) is 2. The second-order valence-corrected chi connectivity index (χ2v) is 12.0. The molecule has 1 aliphatic heterocycles. The van der Waals surface area contributed by atoms with Crippen LogP contribution in [0.4, 0.5) is 4.39 Å². The highest BCUT2D eigenvalue weighted by molar-refractivity contribution is 7.54. The van der Waals surface area contributed by atoms with E-state index >= 15 is 4.39 Å². The Morgan fingerprint density at radius 2 is 1.85 bits per heavy atom. The van der Waals surface area contributed by atoms with Gasteiger partial charge in [-0.1, -0.05) is 55.5 Å². The van der Waals surface area contributed by atoms with Gasteiger partial charge in [0.2, 0.25) is 5.85 Å². The number of benzene rings is 2. The Bertz CT molecular complexity index is 1470. The molecule has 0 bridgehead atoms. The normalized spacial score (nSPS) is 22.5. The number of aromatic nitrogens is 2. The van der Waals surface area contributed by atoms with Gasteiger partial charge in [0.1, 0.15) is 31.2 Å². The maximum atomic E-state index is 15.8. The number of rotatable bonds is 13. The number of aromatic amines is 1. The number of H-pyrrole nitrogens is 1. The Hall–Kier alpha value is -3.57. The van der Waals surface area contributed by atoms with E-state index in [9.17, 15) is 18.9 Å². The third kappa shape index (κ3) is 8.46. The number of ether oxygens (including phenoxy) is 2. The zero-order chi connectivity index (χ0) is 29.5. The molecule has 4 rings (SSSR count). The maximum absolute atomic E-state index is 15.8. The van der Waals surface area contributed by atoms with Gasteiger partial charge in [0.05, 0.1) is 6.16 Å². The van der Waals surface area contributed by atoms with Crippen molar-refractivity contribution in [3.05, 3.63) is 99.3 Å². The first-order valence-electron chi connectivity index (χ1n) is 13.2. The molecular formula is C28H33FN3O8P. The number of halogens is 1. The van der Waals surface area contributed by atoms with Gasteiger partial charge in [0, 0.05) is 31.1 Å². The lowest BCUT2D eigenvalue weighted by Crippen LogP contribution is -2.37. The zero-order valence-electron chi connectivity index (χ0n) is 22.7. The predicted molar refractivity (Wildman–Crippen MR) is 148 cm³/mol. The molecule has 0 spiro atoms. The molecule has 1 aliphatic rings. The molecule has 2 N–H and O–H groups in total. The summed E-state index contributed by atoms with van der Waals surface area (Å²) in [5, 5.41) is 2.95. The first kappa shape index (κ1) is 30.4. The van der Waals surface area contributed by atoms with Crippen molar-refractivity contribution in [2.24, 2.45) is 5.92 Å². The van der Waals surface area contributed by atoms with Crippen LogP contribution in [0.2, 0.25) is 0 Å². The molecule has 1 saturated heterocycles. The summed E-state index contributed by atoms with van der Waals surface area (Å²) in [7, 11) is -3.96. The molecule has 0 radical (unpaired) electrons. The number of para-hydroxylation sites is 1. The van der Waals surface area contributed by atoms with Crippen molar-refractivity contribution in [3.8, 4) is 5.75 Å². The van der Waals surface area contributed by atoms with E-state index in [1.165, 1.54) is 6.20 Å². The van der Waals surface area contributed by atoms with E-state index in [4.69, 9.17) is 18.5 Å². The van der Waals surface area contributed by atoms with Gasteiger partial charge in [0.15, 0.2) is 0 Å². The van der Waals surface area contributed by atoms with Crippen molar-refractivity contribution >= 4 is 13.6 Å². The van der Waals surface area contributed by atoms with Crippen molar-refractivity contribution in [1.29, 1.82) is 0 Å². The van der Waals surface area contributed by atoms with E-state index in [0.29, 0.717) is 0 Å². The second-order valence-electron chi connectivity index (χ2n) is 9.87. The molecule has 2 heterocycles. The number of carbonyl (C=O) groups excluding carboxylic acids is 1. The largest absolute Gasteiger partial charge is 0.460 e. The first-order valence-corrected chi connectivity index (χ1v) is 14.9. The predicted octanol–water partition coefficient (Wildman–Crippen LogP) is 3.77. The quantitative estimate of drug-likeness (QED) is 0.225. The lowest BCUT2D eigenvalue weighted by molar-refractivity contribution is -0.175. The first-order chi connectivity index (χ1) is 19.6. The van der Waals surface area contributed by atoms with Gasteiger partial charge in [-0.3, -0.25) is 23.7 Å². The average molecular weight is 590 g/mol. The standard InChI is InChI=1S/C28H33FN3O8P/c1-20-17-28(29,39-25(20)32-15-13-24(33)31-27(32)35)19-38-41(36,40-23-11-7-4-8-12-23)16-14-30-21(2)26(34)37-18-22-9-5-3-6-10-22/h3-13,15,20-21,25,30H,14,16-19H2,1-2H3,(H,31,33,35)/t20-,21-,25+,28-,41?/m0/s1. The van der Waals surface area contributed by atoms with Gasteiger partial charge in [-0.15, -0.1) is 0 Å². The number of nitrogens with one attached hydrogen (secondary N) is 2. The fourth-order valence-electron chi connectivity index (χ4n) is 4.34. The van der Waals surface area contributed by atoms with Crippen LogP contribution in [-0.2, 0) is 30.0 Å². The van der Waals surface area contributed by atoms with E-state index in [1.807, 2.05) is 30.3 Å². The van der Waals surface area contributed by atoms with E-state index in [-0.39, 0.29) is 31.5 Å². The third-order valence-corrected chi connectivity index (χ3v) is 8.23. The Labute approximate surface area is 236 Å². The van der Waals surface area contributed by atoms with E-state index in [0.717, 1.165) is 16.2 Å². The van der Waals surface area contributed by atoms with Crippen LogP contribution in [0.15, 0.2) is 82.5 Å². The van der Waals surface area contributed by atoms with E-state index in [1.54, 1.807) is 44.2 Å². The van der Waals surface area contributed by atoms with Gasteiger partial charge >= 0.3 is 19.3 Å². The monoisotopic (exact) mass is 589 g/mol. The Balaban J connectivity index is 1.37. The Morgan fingerprint density at radius 3 is 2.54 bits per heavy atom. The molecule has 11 nitrogen and oxygen atoms in total. The molecule has 3 aromatic rings. The van der Waals surface area contributed by atoms with Gasteiger partial charge < -0.3 is 19.3 Å². The maximum Gasteiger partial charge on any atom is 0.380 e. The summed E-state index contributed by atoms with van der Waals surface area (Å²) in [4.78, 5) is 38.1. The molecule has 2 aromatic carbocycles. The van der Waals surface area contributed by atoms with Gasteiger partial charge in [-0.2, -0.15) is 0 Å². The minimum Gasteiger partial charge on any atom is -0.460 e. The lowest BCUT2D eigenvalue weighted by atomic mass is 10.1.